The second-order valence-electron chi connectivity index (χ2n) is 3.68. The van der Waals surface area contributed by atoms with Crippen molar-refractivity contribution in [3.05, 3.63) is 0 Å². The molecule has 0 unspecified atom stereocenters. The molecule has 1 rings (SSSR count). The van der Waals surface area contributed by atoms with E-state index in [4.69, 9.17) is 15.3 Å². The van der Waals surface area contributed by atoms with Crippen molar-refractivity contribution in [2.24, 2.45) is 0 Å². The van der Waals surface area contributed by atoms with Crippen LogP contribution in [0.4, 0.5) is 0 Å². The van der Waals surface area contributed by atoms with Crippen LogP contribution >= 0.6 is 0 Å². The van der Waals surface area contributed by atoms with Gasteiger partial charge in [0, 0.05) is 12.8 Å². The fourth-order valence-corrected chi connectivity index (χ4v) is 1.64. The lowest BCUT2D eigenvalue weighted by atomic mass is 9.96. The Morgan fingerprint density at radius 2 is 1.40 bits per heavy atom. The molecule has 0 radical (unpaired) electrons. The Labute approximate surface area is 87.1 Å². The van der Waals surface area contributed by atoms with E-state index in [1.54, 1.807) is 0 Å². The molecule has 6 heteroatoms. The van der Waals surface area contributed by atoms with Crippen LogP contribution in [0.1, 0.15) is 19.3 Å². The first-order valence-electron chi connectivity index (χ1n) is 4.80. The SMILES string of the molecule is O=C1CCCC(=O)N1C(CO)(CO)CO. The average molecular weight is 217 g/mol. The topological polar surface area (TPSA) is 98.1 Å². The number of imide groups is 1. The zero-order valence-corrected chi connectivity index (χ0v) is 8.35. The Morgan fingerprint density at radius 1 is 1.00 bits per heavy atom. The first-order chi connectivity index (χ1) is 7.11. The summed E-state index contributed by atoms with van der Waals surface area (Å²) in [6.07, 6.45) is 0.882. The quantitative estimate of drug-likeness (QED) is 0.485. The highest BCUT2D eigenvalue weighted by Crippen LogP contribution is 2.22. The summed E-state index contributed by atoms with van der Waals surface area (Å²) in [5, 5.41) is 27.3. The van der Waals surface area contributed by atoms with E-state index in [0.717, 1.165) is 4.90 Å². The Bertz CT molecular complexity index is 237. The van der Waals surface area contributed by atoms with Gasteiger partial charge < -0.3 is 15.3 Å². The number of nitrogens with zero attached hydrogens (tertiary/aromatic N) is 1. The van der Waals surface area contributed by atoms with E-state index in [1.165, 1.54) is 0 Å². The van der Waals surface area contributed by atoms with Crippen LogP contribution in [0.15, 0.2) is 0 Å². The van der Waals surface area contributed by atoms with Gasteiger partial charge in [-0.05, 0) is 6.42 Å². The number of hydrogen-bond donors (Lipinski definition) is 3. The molecule has 0 aromatic heterocycles. The lowest BCUT2D eigenvalue weighted by Crippen LogP contribution is -2.62. The normalized spacial score (nSPS) is 18.5. The molecule has 0 aromatic rings. The molecule has 1 aliphatic heterocycles. The largest absolute Gasteiger partial charge is 0.394 e. The number of carbonyl (C=O) groups excluding carboxylic acids is 2. The molecule has 2 amide bonds. The molecule has 6 nitrogen and oxygen atoms in total. The molecule has 1 aliphatic rings. The summed E-state index contributed by atoms with van der Waals surface area (Å²) in [7, 11) is 0. The van der Waals surface area contributed by atoms with Crippen LogP contribution in [0, 0.1) is 0 Å². The number of aliphatic hydroxyl groups excluding tert-OH is 3. The number of piperidine rings is 1. The van der Waals surface area contributed by atoms with Crippen LogP contribution in [0.3, 0.4) is 0 Å². The van der Waals surface area contributed by atoms with E-state index >= 15 is 0 Å². The first-order valence-corrected chi connectivity index (χ1v) is 4.80. The van der Waals surface area contributed by atoms with Gasteiger partial charge in [-0.3, -0.25) is 14.5 Å². The summed E-state index contributed by atoms with van der Waals surface area (Å²) in [6.45, 7) is -1.92. The number of carbonyl (C=O) groups is 2. The van der Waals surface area contributed by atoms with E-state index in [2.05, 4.69) is 0 Å². The maximum absolute atomic E-state index is 11.5. The van der Waals surface area contributed by atoms with E-state index in [0.29, 0.717) is 6.42 Å². The summed E-state index contributed by atoms with van der Waals surface area (Å²) >= 11 is 0. The van der Waals surface area contributed by atoms with Gasteiger partial charge in [0.05, 0.1) is 19.8 Å². The lowest BCUT2D eigenvalue weighted by molar-refractivity contribution is -0.163. The summed E-state index contributed by atoms with van der Waals surface area (Å²) in [5.41, 5.74) is -1.56. The molecule has 3 N–H and O–H groups in total. The maximum Gasteiger partial charge on any atom is 0.229 e. The molecule has 0 bridgehead atoms. The van der Waals surface area contributed by atoms with Crippen molar-refractivity contribution in [3.63, 3.8) is 0 Å². The minimum Gasteiger partial charge on any atom is -0.394 e. The van der Waals surface area contributed by atoms with Crippen LogP contribution < -0.4 is 0 Å². The van der Waals surface area contributed by atoms with Crippen LogP contribution in [-0.2, 0) is 9.59 Å². The molecular formula is C9H15NO5. The van der Waals surface area contributed by atoms with Crippen molar-refractivity contribution in [1.82, 2.24) is 4.90 Å². The van der Waals surface area contributed by atoms with Gasteiger partial charge in [-0.1, -0.05) is 0 Å². The number of hydrogen-bond acceptors (Lipinski definition) is 5. The smallest absolute Gasteiger partial charge is 0.229 e. The van der Waals surface area contributed by atoms with Crippen molar-refractivity contribution < 1.29 is 24.9 Å². The predicted molar refractivity (Wildman–Crippen MR) is 49.7 cm³/mol. The van der Waals surface area contributed by atoms with Crippen LogP contribution in [0.2, 0.25) is 0 Å². The molecule has 1 saturated heterocycles. The van der Waals surface area contributed by atoms with Crippen molar-refractivity contribution in [1.29, 1.82) is 0 Å². The summed E-state index contributed by atoms with van der Waals surface area (Å²) in [4.78, 5) is 23.8. The zero-order valence-electron chi connectivity index (χ0n) is 8.35. The Balaban J connectivity index is 2.98. The number of amides is 2. The molecule has 86 valence electrons. The number of likely N-dealkylation sites (tertiary alicyclic amines) is 1. The molecule has 0 aliphatic carbocycles. The van der Waals surface area contributed by atoms with Crippen LogP contribution in [0.25, 0.3) is 0 Å². The van der Waals surface area contributed by atoms with Gasteiger partial charge in [0.25, 0.3) is 0 Å². The molecule has 0 spiro atoms. The van der Waals surface area contributed by atoms with Gasteiger partial charge in [0.1, 0.15) is 5.54 Å². The molecule has 1 heterocycles. The van der Waals surface area contributed by atoms with Crippen LogP contribution in [0.5, 0.6) is 0 Å². The summed E-state index contributed by atoms with van der Waals surface area (Å²) < 4.78 is 0. The second-order valence-corrected chi connectivity index (χ2v) is 3.68. The second kappa shape index (κ2) is 4.69. The van der Waals surface area contributed by atoms with Gasteiger partial charge >= 0.3 is 0 Å². The standard InChI is InChI=1S/C9H15NO5/c11-4-9(5-12,6-13)10-7(14)2-1-3-8(10)15/h11-13H,1-6H2. The van der Waals surface area contributed by atoms with Crippen molar-refractivity contribution in [2.45, 2.75) is 24.8 Å². The summed E-state index contributed by atoms with van der Waals surface area (Å²) in [6, 6.07) is 0. The Morgan fingerprint density at radius 3 is 1.73 bits per heavy atom. The van der Waals surface area contributed by atoms with Gasteiger partial charge in [0.2, 0.25) is 11.8 Å². The zero-order chi connectivity index (χ0) is 11.5. The molecule has 15 heavy (non-hydrogen) atoms. The van der Waals surface area contributed by atoms with Crippen molar-refractivity contribution in [2.75, 3.05) is 19.8 Å². The fraction of sp³-hybridized carbons (Fsp3) is 0.778. The third-order valence-corrected chi connectivity index (χ3v) is 2.64. The highest BCUT2D eigenvalue weighted by Gasteiger charge is 2.43. The third kappa shape index (κ3) is 2.01. The Hall–Kier alpha value is -0.980. The molecule has 0 atom stereocenters. The molecule has 1 fully saturated rings. The van der Waals surface area contributed by atoms with Gasteiger partial charge in [-0.2, -0.15) is 0 Å². The van der Waals surface area contributed by atoms with Crippen LogP contribution in [-0.4, -0.2) is 57.4 Å². The Kier molecular flexibility index (Phi) is 3.78. The minimum absolute atomic E-state index is 0.202. The van der Waals surface area contributed by atoms with Crippen molar-refractivity contribution in [3.8, 4) is 0 Å². The minimum atomic E-state index is -1.56. The van der Waals surface area contributed by atoms with E-state index in [9.17, 15) is 9.59 Å². The van der Waals surface area contributed by atoms with E-state index in [1.807, 2.05) is 0 Å². The highest BCUT2D eigenvalue weighted by molar-refractivity contribution is 5.98. The number of aliphatic hydroxyl groups is 3. The monoisotopic (exact) mass is 217 g/mol. The molecular weight excluding hydrogens is 202 g/mol. The average Bonchev–Trinajstić information content (AvgIpc) is 2.24. The fourth-order valence-electron chi connectivity index (χ4n) is 1.64. The third-order valence-electron chi connectivity index (χ3n) is 2.64. The molecule has 0 saturated carbocycles. The lowest BCUT2D eigenvalue weighted by Gasteiger charge is -2.40. The maximum atomic E-state index is 11.5. The van der Waals surface area contributed by atoms with Gasteiger partial charge in [-0.25, -0.2) is 0 Å². The highest BCUT2D eigenvalue weighted by atomic mass is 16.3. The number of rotatable bonds is 4. The van der Waals surface area contributed by atoms with E-state index < -0.39 is 37.2 Å². The predicted octanol–water partition coefficient (Wildman–Crippen LogP) is -1.76. The van der Waals surface area contributed by atoms with E-state index in [-0.39, 0.29) is 12.8 Å². The van der Waals surface area contributed by atoms with Gasteiger partial charge in [0.15, 0.2) is 0 Å². The molecule has 0 aromatic carbocycles. The summed E-state index contributed by atoms with van der Waals surface area (Å²) in [5.74, 6) is -0.910. The van der Waals surface area contributed by atoms with Gasteiger partial charge in [-0.15, -0.1) is 0 Å². The van der Waals surface area contributed by atoms with Crippen molar-refractivity contribution >= 4 is 11.8 Å². The first kappa shape index (κ1) is 12.1.